The number of aliphatic hydroxyl groups excluding tert-OH is 1. The Morgan fingerprint density at radius 3 is 2.68 bits per heavy atom. The van der Waals surface area contributed by atoms with Crippen LogP contribution in [0.5, 0.6) is 0 Å². The monoisotopic (exact) mass is 318 g/mol. The van der Waals surface area contributed by atoms with Crippen molar-refractivity contribution in [3.8, 4) is 0 Å². The van der Waals surface area contributed by atoms with Gasteiger partial charge < -0.3 is 5.11 Å². The third-order valence-electron chi connectivity index (χ3n) is 2.42. The first-order valence-electron chi connectivity index (χ1n) is 5.68. The first-order chi connectivity index (χ1) is 9.05. The van der Waals surface area contributed by atoms with Crippen molar-refractivity contribution in [2.24, 2.45) is 0 Å². The highest BCUT2D eigenvalue weighted by molar-refractivity contribution is 7.91. The molecule has 19 heavy (non-hydrogen) atoms. The van der Waals surface area contributed by atoms with E-state index in [1.165, 1.54) is 17.4 Å². The lowest BCUT2D eigenvalue weighted by atomic mass is 10.4. The third-order valence-corrected chi connectivity index (χ3v) is 6.53. The van der Waals surface area contributed by atoms with Gasteiger partial charge in [-0.2, -0.15) is 0 Å². The Bertz CT molecular complexity index is 646. The van der Waals surface area contributed by atoms with Crippen molar-refractivity contribution in [2.45, 2.75) is 30.7 Å². The highest BCUT2D eigenvalue weighted by Gasteiger charge is 2.17. The van der Waals surface area contributed by atoms with E-state index in [0.717, 1.165) is 27.6 Å². The quantitative estimate of drug-likeness (QED) is 0.850. The Kier molecular flexibility index (Phi) is 4.69. The van der Waals surface area contributed by atoms with Gasteiger partial charge in [0.2, 0.25) is 10.0 Å². The topological polar surface area (TPSA) is 79.3 Å². The fourth-order valence-corrected chi connectivity index (χ4v) is 4.55. The largest absolute Gasteiger partial charge is 0.391 e. The molecule has 0 aromatic carbocycles. The van der Waals surface area contributed by atoms with Crippen LogP contribution in [0.2, 0.25) is 0 Å². The highest BCUT2D eigenvalue weighted by Crippen LogP contribution is 2.22. The van der Waals surface area contributed by atoms with Gasteiger partial charge >= 0.3 is 0 Å². The number of hydrogen-bond acceptors (Lipinski definition) is 6. The van der Waals surface area contributed by atoms with Crippen LogP contribution in [0.15, 0.2) is 22.5 Å². The maximum atomic E-state index is 12.0. The first-order valence-corrected chi connectivity index (χ1v) is 8.79. The van der Waals surface area contributed by atoms with Gasteiger partial charge in [-0.3, -0.25) is 0 Å². The van der Waals surface area contributed by atoms with Gasteiger partial charge in [0.05, 0.1) is 13.2 Å². The minimum absolute atomic E-state index is 0.146. The van der Waals surface area contributed by atoms with Crippen LogP contribution in [0.4, 0.5) is 0 Å². The zero-order chi connectivity index (χ0) is 13.9. The van der Waals surface area contributed by atoms with E-state index in [1.54, 1.807) is 12.3 Å². The molecule has 0 saturated carbocycles. The summed E-state index contributed by atoms with van der Waals surface area (Å²) in [6.07, 6.45) is 2.67. The molecule has 2 N–H and O–H groups in total. The summed E-state index contributed by atoms with van der Waals surface area (Å²) in [6, 6.07) is 3.11. The van der Waals surface area contributed by atoms with Crippen molar-refractivity contribution >= 4 is 32.7 Å². The zero-order valence-corrected chi connectivity index (χ0v) is 12.7. The molecule has 0 amide bonds. The predicted octanol–water partition coefficient (Wildman–Crippen LogP) is 1.74. The molecule has 0 saturated heterocycles. The number of aromatic nitrogens is 1. The molecule has 0 aliphatic rings. The standard InChI is InChI=1S/C11H14N2O3S3/c1-2-8-5-12-10(17-8)6-13-19(15,16)11-4-3-9(7-14)18-11/h3-5,13-14H,2,6-7H2,1H3. The van der Waals surface area contributed by atoms with Crippen LogP contribution >= 0.6 is 22.7 Å². The van der Waals surface area contributed by atoms with E-state index >= 15 is 0 Å². The summed E-state index contributed by atoms with van der Waals surface area (Å²) in [5.41, 5.74) is 0. The molecule has 104 valence electrons. The Balaban J connectivity index is 2.05. The van der Waals surface area contributed by atoms with Crippen LogP contribution in [-0.4, -0.2) is 18.5 Å². The first kappa shape index (κ1) is 14.6. The van der Waals surface area contributed by atoms with Gasteiger partial charge in [0, 0.05) is 16.0 Å². The van der Waals surface area contributed by atoms with Crippen LogP contribution < -0.4 is 4.72 Å². The van der Waals surface area contributed by atoms with Crippen LogP contribution in [0.1, 0.15) is 21.7 Å². The number of nitrogens with one attached hydrogen (secondary N) is 1. The van der Waals surface area contributed by atoms with Gasteiger partial charge in [-0.05, 0) is 18.6 Å². The van der Waals surface area contributed by atoms with Crippen molar-refractivity contribution in [2.75, 3.05) is 0 Å². The van der Waals surface area contributed by atoms with E-state index in [4.69, 9.17) is 5.11 Å². The van der Waals surface area contributed by atoms with Crippen molar-refractivity contribution in [1.82, 2.24) is 9.71 Å². The second kappa shape index (κ2) is 6.10. The van der Waals surface area contributed by atoms with Crippen molar-refractivity contribution in [3.05, 3.63) is 33.1 Å². The zero-order valence-electron chi connectivity index (χ0n) is 10.3. The summed E-state index contributed by atoms with van der Waals surface area (Å²) in [6.45, 7) is 2.08. The summed E-state index contributed by atoms with van der Waals surface area (Å²) in [4.78, 5) is 5.92. The highest BCUT2D eigenvalue weighted by atomic mass is 32.2. The smallest absolute Gasteiger partial charge is 0.250 e. The molecule has 2 heterocycles. The lowest BCUT2D eigenvalue weighted by Gasteiger charge is -2.01. The molecule has 0 spiro atoms. The Morgan fingerprint density at radius 2 is 2.11 bits per heavy atom. The second-order valence-corrected chi connectivity index (χ2v) is 8.14. The van der Waals surface area contributed by atoms with Gasteiger partial charge in [0.25, 0.3) is 0 Å². The van der Waals surface area contributed by atoms with Crippen LogP contribution in [-0.2, 0) is 29.6 Å². The number of rotatable bonds is 6. The number of nitrogens with zero attached hydrogens (tertiary/aromatic N) is 1. The second-order valence-electron chi connectivity index (χ2n) is 3.78. The summed E-state index contributed by atoms with van der Waals surface area (Å²) >= 11 is 2.57. The number of thiazole rings is 1. The maximum Gasteiger partial charge on any atom is 0.250 e. The van der Waals surface area contributed by atoms with E-state index in [2.05, 4.69) is 9.71 Å². The number of thiophene rings is 1. The number of aryl methyl sites for hydroxylation is 1. The minimum Gasteiger partial charge on any atom is -0.391 e. The molecule has 2 aromatic heterocycles. The predicted molar refractivity (Wildman–Crippen MR) is 75.8 cm³/mol. The minimum atomic E-state index is -3.52. The average Bonchev–Trinajstić information content (AvgIpc) is 3.05. The molecule has 0 aliphatic carbocycles. The van der Waals surface area contributed by atoms with Gasteiger partial charge in [-0.15, -0.1) is 22.7 Å². The van der Waals surface area contributed by atoms with E-state index in [1.807, 2.05) is 6.92 Å². The molecule has 0 bridgehead atoms. The van der Waals surface area contributed by atoms with Crippen LogP contribution in [0.3, 0.4) is 0 Å². The van der Waals surface area contributed by atoms with Crippen molar-refractivity contribution < 1.29 is 13.5 Å². The molecule has 2 rings (SSSR count). The fraction of sp³-hybridized carbons (Fsp3) is 0.364. The Labute approximate surface area is 120 Å². The summed E-state index contributed by atoms with van der Waals surface area (Å²) in [5, 5.41) is 9.69. The Hall–Kier alpha value is -0.800. The van der Waals surface area contributed by atoms with E-state index < -0.39 is 10.0 Å². The summed E-state index contributed by atoms with van der Waals surface area (Å²) in [5.74, 6) is 0. The van der Waals surface area contributed by atoms with E-state index in [0.29, 0.717) is 4.88 Å². The van der Waals surface area contributed by atoms with Crippen molar-refractivity contribution in [1.29, 1.82) is 0 Å². The maximum absolute atomic E-state index is 12.0. The van der Waals surface area contributed by atoms with Crippen molar-refractivity contribution in [3.63, 3.8) is 0 Å². The molecule has 0 atom stereocenters. The molecular formula is C11H14N2O3S3. The van der Waals surface area contributed by atoms with E-state index in [9.17, 15) is 8.42 Å². The molecule has 2 aromatic rings. The molecule has 0 unspecified atom stereocenters. The third kappa shape index (κ3) is 3.61. The lowest BCUT2D eigenvalue weighted by molar-refractivity contribution is 0.285. The van der Waals surface area contributed by atoms with Crippen LogP contribution in [0.25, 0.3) is 0 Å². The van der Waals surface area contributed by atoms with Gasteiger partial charge in [0.1, 0.15) is 9.22 Å². The molecule has 0 aliphatic heterocycles. The normalized spacial score (nSPS) is 11.9. The number of hydrogen-bond donors (Lipinski definition) is 2. The molecular weight excluding hydrogens is 304 g/mol. The van der Waals surface area contributed by atoms with E-state index in [-0.39, 0.29) is 17.4 Å². The van der Waals surface area contributed by atoms with Crippen LogP contribution in [0, 0.1) is 0 Å². The number of aliphatic hydroxyl groups is 1. The summed E-state index contributed by atoms with van der Waals surface area (Å²) in [7, 11) is -3.52. The lowest BCUT2D eigenvalue weighted by Crippen LogP contribution is -2.22. The molecule has 8 heteroatoms. The van der Waals surface area contributed by atoms with Gasteiger partial charge in [0.15, 0.2) is 0 Å². The average molecular weight is 318 g/mol. The summed E-state index contributed by atoms with van der Waals surface area (Å²) < 4.78 is 26.7. The molecule has 5 nitrogen and oxygen atoms in total. The number of sulfonamides is 1. The van der Waals surface area contributed by atoms with Gasteiger partial charge in [-0.25, -0.2) is 18.1 Å². The molecule has 0 radical (unpaired) electrons. The SMILES string of the molecule is CCc1cnc(CNS(=O)(=O)c2ccc(CO)s2)s1. The molecule has 0 fully saturated rings. The Morgan fingerprint density at radius 1 is 1.32 bits per heavy atom. The fourth-order valence-electron chi connectivity index (χ4n) is 1.41. The van der Waals surface area contributed by atoms with Gasteiger partial charge in [-0.1, -0.05) is 6.92 Å².